The van der Waals surface area contributed by atoms with Gasteiger partial charge in [-0.25, -0.2) is 4.39 Å². The predicted octanol–water partition coefficient (Wildman–Crippen LogP) is 4.57. The van der Waals surface area contributed by atoms with Crippen LogP contribution < -0.4 is 0 Å². The van der Waals surface area contributed by atoms with E-state index in [1.165, 1.54) is 17.8 Å². The lowest BCUT2D eigenvalue weighted by Gasteiger charge is -1.99. The zero-order chi connectivity index (χ0) is 16.4. The van der Waals surface area contributed by atoms with E-state index in [-0.39, 0.29) is 5.82 Å². The van der Waals surface area contributed by atoms with E-state index in [1.54, 1.807) is 12.1 Å². The third-order valence-electron chi connectivity index (χ3n) is 3.77. The van der Waals surface area contributed by atoms with Gasteiger partial charge in [0, 0.05) is 22.9 Å². The monoisotopic (exact) mass is 339 g/mol. The fraction of sp³-hybridized carbons (Fsp3) is 0.111. The van der Waals surface area contributed by atoms with E-state index in [2.05, 4.69) is 21.2 Å². The van der Waals surface area contributed by atoms with Gasteiger partial charge in [0.1, 0.15) is 5.82 Å². The highest BCUT2D eigenvalue weighted by Crippen LogP contribution is 2.25. The van der Waals surface area contributed by atoms with Crippen LogP contribution >= 0.6 is 11.8 Å². The van der Waals surface area contributed by atoms with Crippen molar-refractivity contribution in [2.45, 2.75) is 17.4 Å². The molecule has 0 radical (unpaired) electrons. The number of nitrogens with zero attached hydrogens (tertiary/aromatic N) is 2. The highest BCUT2D eigenvalue weighted by atomic mass is 32.2. The normalized spacial score (nSPS) is 11.2. The van der Waals surface area contributed by atoms with Gasteiger partial charge >= 0.3 is 0 Å². The molecule has 1 N–H and O–H groups in total. The zero-order valence-electron chi connectivity index (χ0n) is 12.7. The lowest BCUT2D eigenvalue weighted by Crippen LogP contribution is -1.86. The van der Waals surface area contributed by atoms with E-state index in [0.717, 1.165) is 16.5 Å². The molecule has 4 aromatic rings. The molecule has 0 aliphatic carbocycles. The Morgan fingerprint density at radius 2 is 1.83 bits per heavy atom. The molecule has 0 amide bonds. The second-order valence-corrected chi connectivity index (χ2v) is 6.30. The van der Waals surface area contributed by atoms with E-state index in [9.17, 15) is 4.39 Å². The van der Waals surface area contributed by atoms with E-state index in [4.69, 9.17) is 4.42 Å². The number of hydrogen-bond acceptors (Lipinski definition) is 4. The molecule has 0 atom stereocenters. The first-order chi connectivity index (χ1) is 11.8. The van der Waals surface area contributed by atoms with Gasteiger partial charge in [0.2, 0.25) is 5.89 Å². The Morgan fingerprint density at radius 3 is 2.75 bits per heavy atom. The maximum absolute atomic E-state index is 13.6. The van der Waals surface area contributed by atoms with Gasteiger partial charge in [-0.15, -0.1) is 10.2 Å². The third kappa shape index (κ3) is 3.05. The number of para-hydroxylation sites is 1. The summed E-state index contributed by atoms with van der Waals surface area (Å²) in [4.78, 5) is 3.23. The van der Waals surface area contributed by atoms with Crippen molar-refractivity contribution >= 4 is 22.7 Å². The lowest BCUT2D eigenvalue weighted by atomic mass is 10.1. The minimum atomic E-state index is -0.219. The minimum absolute atomic E-state index is 0.219. The first-order valence-electron chi connectivity index (χ1n) is 7.53. The Bertz CT molecular complexity index is 979. The van der Waals surface area contributed by atoms with E-state index in [1.807, 2.05) is 30.5 Å². The van der Waals surface area contributed by atoms with Crippen molar-refractivity contribution in [3.8, 4) is 0 Å². The van der Waals surface area contributed by atoms with Gasteiger partial charge < -0.3 is 9.40 Å². The molecule has 6 heteroatoms. The first kappa shape index (κ1) is 15.0. The summed E-state index contributed by atoms with van der Waals surface area (Å²) < 4.78 is 19.3. The van der Waals surface area contributed by atoms with Crippen molar-refractivity contribution < 1.29 is 8.81 Å². The Labute approximate surface area is 142 Å². The van der Waals surface area contributed by atoms with Crippen LogP contribution in [0.4, 0.5) is 4.39 Å². The standard InChI is InChI=1S/C18H14FN3OS/c19-15-7-3-1-5-12(15)11-24-18-22-21-17(23-18)9-13-10-20-16-8-4-2-6-14(13)16/h1-8,10,20H,9,11H2. The van der Waals surface area contributed by atoms with Crippen LogP contribution in [0.15, 0.2) is 64.4 Å². The number of fused-ring (bicyclic) bond motifs is 1. The molecule has 2 heterocycles. The van der Waals surface area contributed by atoms with Crippen LogP contribution in [0.25, 0.3) is 10.9 Å². The maximum atomic E-state index is 13.6. The Balaban J connectivity index is 1.46. The highest BCUT2D eigenvalue weighted by molar-refractivity contribution is 7.98. The van der Waals surface area contributed by atoms with Crippen molar-refractivity contribution in [1.29, 1.82) is 0 Å². The third-order valence-corrected chi connectivity index (χ3v) is 4.64. The molecule has 120 valence electrons. The van der Waals surface area contributed by atoms with Crippen LogP contribution in [0.5, 0.6) is 0 Å². The van der Waals surface area contributed by atoms with E-state index >= 15 is 0 Å². The molecule has 0 aliphatic heterocycles. The number of H-pyrrole nitrogens is 1. The lowest BCUT2D eigenvalue weighted by molar-refractivity contribution is 0.420. The molecule has 4 rings (SSSR count). The fourth-order valence-electron chi connectivity index (χ4n) is 2.56. The molecule has 0 saturated heterocycles. The largest absolute Gasteiger partial charge is 0.416 e. The number of hydrogen-bond donors (Lipinski definition) is 1. The molecule has 0 aliphatic rings. The van der Waals surface area contributed by atoms with E-state index < -0.39 is 0 Å². The average Bonchev–Trinajstić information content (AvgIpc) is 3.22. The number of nitrogens with one attached hydrogen (secondary N) is 1. The summed E-state index contributed by atoms with van der Waals surface area (Å²) in [6.45, 7) is 0. The average molecular weight is 339 g/mol. The summed E-state index contributed by atoms with van der Waals surface area (Å²) in [5.74, 6) is 0.792. The summed E-state index contributed by atoms with van der Waals surface area (Å²) in [6, 6.07) is 14.8. The Morgan fingerprint density at radius 1 is 1.00 bits per heavy atom. The SMILES string of the molecule is Fc1ccccc1CSc1nnc(Cc2c[nH]c3ccccc23)o1. The van der Waals surface area contributed by atoms with E-state index in [0.29, 0.717) is 28.9 Å². The predicted molar refractivity (Wildman–Crippen MR) is 91.4 cm³/mol. The van der Waals surface area contributed by atoms with Gasteiger partial charge in [0.05, 0.1) is 6.42 Å². The molecule has 0 saturated carbocycles. The fourth-order valence-corrected chi connectivity index (χ4v) is 3.33. The number of benzene rings is 2. The van der Waals surface area contributed by atoms with Gasteiger partial charge in [-0.2, -0.15) is 0 Å². The van der Waals surface area contributed by atoms with Crippen molar-refractivity contribution in [1.82, 2.24) is 15.2 Å². The molecule has 0 bridgehead atoms. The van der Waals surface area contributed by atoms with Crippen LogP contribution in [-0.2, 0) is 12.2 Å². The van der Waals surface area contributed by atoms with Crippen LogP contribution in [0, 0.1) is 5.82 Å². The Hall–Kier alpha value is -2.60. The Kier molecular flexibility index (Phi) is 4.04. The van der Waals surface area contributed by atoms with Crippen LogP contribution in [0.2, 0.25) is 0 Å². The maximum Gasteiger partial charge on any atom is 0.276 e. The quantitative estimate of drug-likeness (QED) is 0.541. The number of rotatable bonds is 5. The molecule has 0 unspecified atom stereocenters. The minimum Gasteiger partial charge on any atom is -0.416 e. The topological polar surface area (TPSA) is 54.7 Å². The number of thioether (sulfide) groups is 1. The molecule has 0 spiro atoms. The van der Waals surface area contributed by atoms with Gasteiger partial charge in [-0.1, -0.05) is 48.2 Å². The number of aromatic amines is 1. The zero-order valence-corrected chi connectivity index (χ0v) is 13.5. The van der Waals surface area contributed by atoms with Crippen molar-refractivity contribution in [2.24, 2.45) is 0 Å². The molecule has 2 aromatic heterocycles. The first-order valence-corrected chi connectivity index (χ1v) is 8.52. The molecule has 4 nitrogen and oxygen atoms in total. The molecule has 24 heavy (non-hydrogen) atoms. The molecular weight excluding hydrogens is 325 g/mol. The van der Waals surface area contributed by atoms with Crippen LogP contribution in [0.1, 0.15) is 17.0 Å². The highest BCUT2D eigenvalue weighted by Gasteiger charge is 2.11. The summed E-state index contributed by atoms with van der Waals surface area (Å²) >= 11 is 1.34. The van der Waals surface area contributed by atoms with Crippen LogP contribution in [0.3, 0.4) is 0 Å². The number of aromatic nitrogens is 3. The summed E-state index contributed by atoms with van der Waals surface area (Å²) in [5.41, 5.74) is 2.82. The second kappa shape index (κ2) is 6.49. The second-order valence-electron chi connectivity index (χ2n) is 5.38. The van der Waals surface area contributed by atoms with Crippen LogP contribution in [-0.4, -0.2) is 15.2 Å². The number of halogens is 1. The summed E-state index contributed by atoms with van der Waals surface area (Å²) in [5, 5.41) is 9.72. The van der Waals surface area contributed by atoms with Gasteiger partial charge in [-0.3, -0.25) is 0 Å². The molecular formula is C18H14FN3OS. The van der Waals surface area contributed by atoms with Crippen molar-refractivity contribution in [3.05, 3.63) is 77.6 Å². The summed E-state index contributed by atoms with van der Waals surface area (Å²) in [7, 11) is 0. The molecule has 0 fully saturated rings. The summed E-state index contributed by atoms with van der Waals surface area (Å²) in [6.07, 6.45) is 2.53. The van der Waals surface area contributed by atoms with Crippen molar-refractivity contribution in [2.75, 3.05) is 0 Å². The smallest absolute Gasteiger partial charge is 0.276 e. The van der Waals surface area contributed by atoms with Gasteiger partial charge in [-0.05, 0) is 23.3 Å². The van der Waals surface area contributed by atoms with Gasteiger partial charge in [0.25, 0.3) is 5.22 Å². The van der Waals surface area contributed by atoms with Crippen molar-refractivity contribution in [3.63, 3.8) is 0 Å². The van der Waals surface area contributed by atoms with Gasteiger partial charge in [0.15, 0.2) is 0 Å². The molecule has 2 aromatic carbocycles.